The largest absolute Gasteiger partial charge is 0.378 e. The summed E-state index contributed by atoms with van der Waals surface area (Å²) in [5.41, 5.74) is 2.34. The van der Waals surface area contributed by atoms with Crippen LogP contribution in [0.5, 0.6) is 0 Å². The maximum Gasteiger partial charge on any atom is 0.269 e. The van der Waals surface area contributed by atoms with Crippen molar-refractivity contribution in [2.75, 3.05) is 5.32 Å². The van der Waals surface area contributed by atoms with E-state index in [4.69, 9.17) is 0 Å². The summed E-state index contributed by atoms with van der Waals surface area (Å²) in [5.74, 6) is -0.568. The van der Waals surface area contributed by atoms with E-state index in [0.717, 1.165) is 17.5 Å². The van der Waals surface area contributed by atoms with Gasteiger partial charge in [-0.15, -0.1) is 0 Å². The summed E-state index contributed by atoms with van der Waals surface area (Å²) < 4.78 is 0. The van der Waals surface area contributed by atoms with Crippen LogP contribution in [-0.4, -0.2) is 16.4 Å². The highest BCUT2D eigenvalue weighted by Crippen LogP contribution is 2.31. The molecule has 1 amide bonds. The van der Waals surface area contributed by atoms with Crippen molar-refractivity contribution in [1.82, 2.24) is 5.32 Å². The molecule has 1 heterocycles. The molecule has 1 aliphatic heterocycles. The van der Waals surface area contributed by atoms with Crippen molar-refractivity contribution in [3.05, 3.63) is 75.3 Å². The molecule has 0 saturated carbocycles. The predicted molar refractivity (Wildman–Crippen MR) is 102 cm³/mol. The van der Waals surface area contributed by atoms with Gasteiger partial charge in [0, 0.05) is 28.9 Å². The van der Waals surface area contributed by atoms with Crippen molar-refractivity contribution in [2.45, 2.75) is 25.8 Å². The van der Waals surface area contributed by atoms with Gasteiger partial charge in [-0.05, 0) is 38.0 Å². The Kier molecular flexibility index (Phi) is 4.65. The van der Waals surface area contributed by atoms with Crippen molar-refractivity contribution in [3.8, 4) is 6.07 Å². The highest BCUT2D eigenvalue weighted by Gasteiger charge is 2.31. The minimum Gasteiger partial charge on any atom is -0.378 e. The molecular weight excluding hydrogens is 344 g/mol. The summed E-state index contributed by atoms with van der Waals surface area (Å²) in [6, 6.07) is 15.1. The summed E-state index contributed by atoms with van der Waals surface area (Å²) in [6.07, 6.45) is 0.773. The number of benzene rings is 2. The first-order valence-electron chi connectivity index (χ1n) is 8.37. The predicted octanol–water partition coefficient (Wildman–Crippen LogP) is 3.39. The van der Waals surface area contributed by atoms with Crippen LogP contribution in [0.15, 0.2) is 54.1 Å². The Hall–Kier alpha value is -3.66. The number of carbonyl (C=O) groups excluding carboxylic acids is 1. The first-order valence-corrected chi connectivity index (χ1v) is 8.37. The fourth-order valence-corrected chi connectivity index (χ4v) is 3.12. The van der Waals surface area contributed by atoms with E-state index in [0.29, 0.717) is 11.4 Å². The zero-order chi connectivity index (χ0) is 19.6. The molecule has 2 aromatic carbocycles. The Morgan fingerprint density at radius 3 is 2.52 bits per heavy atom. The monoisotopic (exact) mass is 362 g/mol. The average Bonchev–Trinajstić information content (AvgIpc) is 2.61. The zero-order valence-electron chi connectivity index (χ0n) is 14.9. The number of nitriles is 1. The molecule has 3 rings (SSSR count). The number of carbonyl (C=O) groups is 1. The number of fused-ring (bicyclic) bond motifs is 1. The van der Waals surface area contributed by atoms with Crippen molar-refractivity contribution in [2.24, 2.45) is 0 Å². The van der Waals surface area contributed by atoms with E-state index >= 15 is 0 Å². The third kappa shape index (κ3) is 3.80. The van der Waals surface area contributed by atoms with E-state index in [1.807, 2.05) is 44.2 Å². The topological polar surface area (TPSA) is 108 Å². The molecule has 0 aliphatic carbocycles. The van der Waals surface area contributed by atoms with Crippen LogP contribution < -0.4 is 10.6 Å². The lowest BCUT2D eigenvalue weighted by Gasteiger charge is -2.36. The molecule has 27 heavy (non-hydrogen) atoms. The highest BCUT2D eigenvalue weighted by molar-refractivity contribution is 6.12. The molecule has 0 radical (unpaired) electrons. The van der Waals surface area contributed by atoms with E-state index in [1.165, 1.54) is 24.3 Å². The highest BCUT2D eigenvalue weighted by atomic mass is 16.6. The summed E-state index contributed by atoms with van der Waals surface area (Å²) >= 11 is 0. The molecular formula is C20H18N4O3. The molecule has 0 unspecified atom stereocenters. The number of hydrogen-bond acceptors (Lipinski definition) is 5. The molecule has 0 bridgehead atoms. The number of nitro groups is 1. The van der Waals surface area contributed by atoms with Crippen molar-refractivity contribution in [1.29, 1.82) is 5.26 Å². The van der Waals surface area contributed by atoms with Gasteiger partial charge in [0.15, 0.2) is 0 Å². The number of anilines is 1. The van der Waals surface area contributed by atoms with Crippen LogP contribution in [-0.2, 0) is 11.2 Å². The lowest BCUT2D eigenvalue weighted by molar-refractivity contribution is -0.384. The second-order valence-electron chi connectivity index (χ2n) is 6.96. The van der Waals surface area contributed by atoms with E-state index in [1.54, 1.807) is 0 Å². The third-order valence-electron chi connectivity index (χ3n) is 4.31. The normalized spacial score (nSPS) is 16.3. The number of nitrogens with zero attached hydrogens (tertiary/aromatic N) is 2. The Labute approximate surface area is 156 Å². The number of hydrogen-bond donors (Lipinski definition) is 2. The fourth-order valence-electron chi connectivity index (χ4n) is 3.12. The third-order valence-corrected chi connectivity index (χ3v) is 4.31. The minimum atomic E-state index is -0.568. The lowest BCUT2D eigenvalue weighted by atomic mass is 9.84. The minimum absolute atomic E-state index is 0.0337. The number of rotatable bonds is 3. The van der Waals surface area contributed by atoms with Gasteiger partial charge in [-0.1, -0.05) is 24.3 Å². The fraction of sp³-hybridized carbons (Fsp3) is 0.200. The number of non-ortho nitro benzene ring substituents is 1. The van der Waals surface area contributed by atoms with Crippen molar-refractivity contribution in [3.63, 3.8) is 0 Å². The second kappa shape index (κ2) is 6.92. The molecule has 0 aromatic heterocycles. The molecule has 7 nitrogen and oxygen atoms in total. The van der Waals surface area contributed by atoms with Crippen LogP contribution in [0.4, 0.5) is 11.4 Å². The van der Waals surface area contributed by atoms with E-state index in [9.17, 15) is 20.2 Å². The van der Waals surface area contributed by atoms with Gasteiger partial charge in [-0.25, -0.2) is 0 Å². The Balaban J connectivity index is 1.97. The van der Waals surface area contributed by atoms with Gasteiger partial charge in [0.1, 0.15) is 11.6 Å². The summed E-state index contributed by atoms with van der Waals surface area (Å²) in [7, 11) is 0. The van der Waals surface area contributed by atoms with Crippen LogP contribution in [0.2, 0.25) is 0 Å². The maximum atomic E-state index is 12.7. The number of amides is 1. The zero-order valence-corrected chi connectivity index (χ0v) is 14.9. The summed E-state index contributed by atoms with van der Waals surface area (Å²) in [4.78, 5) is 22.9. The molecule has 1 aliphatic rings. The van der Waals surface area contributed by atoms with Gasteiger partial charge in [-0.3, -0.25) is 14.9 Å². The molecule has 0 atom stereocenters. The van der Waals surface area contributed by atoms with Crippen LogP contribution in [0.25, 0.3) is 5.70 Å². The molecule has 0 spiro atoms. The molecule has 0 saturated heterocycles. The smallest absolute Gasteiger partial charge is 0.269 e. The maximum absolute atomic E-state index is 12.7. The Morgan fingerprint density at radius 2 is 1.89 bits per heavy atom. The van der Waals surface area contributed by atoms with Crippen LogP contribution in [0.1, 0.15) is 25.0 Å². The van der Waals surface area contributed by atoms with Gasteiger partial charge >= 0.3 is 0 Å². The standard InChI is InChI=1S/C20H18N4O3/c1-20(2)11-13-5-3-4-6-16(13)18(23-20)17(12-21)19(25)22-14-7-9-15(10-8-14)24(26)27/h3-10,23H,11H2,1-2H3,(H,22,25)/b18-17+. The van der Waals surface area contributed by atoms with Gasteiger partial charge in [0.25, 0.3) is 11.6 Å². The van der Waals surface area contributed by atoms with Gasteiger partial charge < -0.3 is 10.6 Å². The van der Waals surface area contributed by atoms with Crippen LogP contribution in [0.3, 0.4) is 0 Å². The summed E-state index contributed by atoms with van der Waals surface area (Å²) in [5, 5.41) is 26.3. The van der Waals surface area contributed by atoms with Crippen molar-refractivity contribution < 1.29 is 9.72 Å². The molecule has 7 heteroatoms. The molecule has 136 valence electrons. The number of nitro benzene ring substituents is 1. The summed E-state index contributed by atoms with van der Waals surface area (Å²) in [6.45, 7) is 4.01. The van der Waals surface area contributed by atoms with Gasteiger partial charge in [-0.2, -0.15) is 5.26 Å². The SMILES string of the molecule is CC1(C)Cc2ccccc2/C(=C(/C#N)C(=O)Nc2ccc([N+](=O)[O-])cc2)N1. The lowest BCUT2D eigenvalue weighted by Crippen LogP contribution is -2.44. The first-order chi connectivity index (χ1) is 12.8. The van der Waals surface area contributed by atoms with Gasteiger partial charge in [0.05, 0.1) is 10.6 Å². The van der Waals surface area contributed by atoms with E-state index in [-0.39, 0.29) is 16.8 Å². The van der Waals surface area contributed by atoms with Gasteiger partial charge in [0.2, 0.25) is 0 Å². The van der Waals surface area contributed by atoms with E-state index < -0.39 is 10.8 Å². The van der Waals surface area contributed by atoms with E-state index in [2.05, 4.69) is 10.6 Å². The van der Waals surface area contributed by atoms with Crippen molar-refractivity contribution >= 4 is 23.0 Å². The Bertz CT molecular complexity index is 985. The molecule has 2 N–H and O–H groups in total. The second-order valence-corrected chi connectivity index (χ2v) is 6.96. The Morgan fingerprint density at radius 1 is 1.22 bits per heavy atom. The average molecular weight is 362 g/mol. The molecule has 0 fully saturated rings. The quantitative estimate of drug-likeness (QED) is 0.376. The first kappa shape index (κ1) is 18.1. The number of nitrogens with one attached hydrogen (secondary N) is 2. The van der Waals surface area contributed by atoms with Crippen LogP contribution in [0, 0.1) is 21.4 Å². The van der Waals surface area contributed by atoms with Crippen LogP contribution >= 0.6 is 0 Å². The molecule has 2 aromatic rings.